The van der Waals surface area contributed by atoms with Crippen molar-refractivity contribution in [2.24, 2.45) is 0 Å². The Morgan fingerprint density at radius 3 is 2.42 bits per heavy atom. The second-order valence-electron chi connectivity index (χ2n) is 5.05. The fourth-order valence-electron chi connectivity index (χ4n) is 2.23. The summed E-state index contributed by atoms with van der Waals surface area (Å²) in [5.74, 6) is 0.615. The number of halogens is 4. The number of hydrogen-bond donors (Lipinski definition) is 0. The SMILES string of the molecule is O=c1cc(C(F)(F)F)c2ccc(COc3ccc(Br)cc3)cc2o1. The number of rotatable bonds is 3. The molecule has 3 rings (SSSR count). The molecule has 7 heteroatoms. The average Bonchev–Trinajstić information content (AvgIpc) is 2.52. The van der Waals surface area contributed by atoms with Crippen LogP contribution in [0.15, 0.2) is 62.2 Å². The summed E-state index contributed by atoms with van der Waals surface area (Å²) in [6, 6.07) is 11.8. The molecule has 0 radical (unpaired) electrons. The van der Waals surface area contributed by atoms with E-state index in [0.717, 1.165) is 4.47 Å². The van der Waals surface area contributed by atoms with Gasteiger partial charge in [0.15, 0.2) is 0 Å². The average molecular weight is 399 g/mol. The van der Waals surface area contributed by atoms with Gasteiger partial charge in [0.25, 0.3) is 0 Å². The van der Waals surface area contributed by atoms with E-state index in [2.05, 4.69) is 15.9 Å². The maximum atomic E-state index is 13.0. The molecular weight excluding hydrogens is 389 g/mol. The van der Waals surface area contributed by atoms with E-state index < -0.39 is 17.4 Å². The van der Waals surface area contributed by atoms with Gasteiger partial charge in [0, 0.05) is 15.9 Å². The van der Waals surface area contributed by atoms with Crippen molar-refractivity contribution in [3.63, 3.8) is 0 Å². The summed E-state index contributed by atoms with van der Waals surface area (Å²) in [4.78, 5) is 11.4. The van der Waals surface area contributed by atoms with Crippen molar-refractivity contribution >= 4 is 26.9 Å². The second-order valence-corrected chi connectivity index (χ2v) is 5.97. The Hall–Kier alpha value is -2.28. The molecule has 2 aromatic carbocycles. The Labute approximate surface area is 142 Å². The molecule has 3 nitrogen and oxygen atoms in total. The first kappa shape index (κ1) is 16.6. The quantitative estimate of drug-likeness (QED) is 0.572. The van der Waals surface area contributed by atoms with E-state index in [-0.39, 0.29) is 17.6 Å². The summed E-state index contributed by atoms with van der Waals surface area (Å²) >= 11 is 3.31. The maximum Gasteiger partial charge on any atom is 0.417 e. The molecule has 0 aliphatic heterocycles. The van der Waals surface area contributed by atoms with Crippen LogP contribution in [-0.4, -0.2) is 0 Å². The van der Waals surface area contributed by atoms with Crippen LogP contribution < -0.4 is 10.4 Å². The predicted octanol–water partition coefficient (Wildman–Crippen LogP) is 5.15. The van der Waals surface area contributed by atoms with Crippen molar-refractivity contribution in [3.05, 3.63) is 74.6 Å². The summed E-state index contributed by atoms with van der Waals surface area (Å²) < 4.78 is 50.3. The van der Waals surface area contributed by atoms with Crippen molar-refractivity contribution in [2.45, 2.75) is 12.8 Å². The molecule has 0 bridgehead atoms. The van der Waals surface area contributed by atoms with Crippen LogP contribution in [0.2, 0.25) is 0 Å². The highest BCUT2D eigenvalue weighted by atomic mass is 79.9. The highest BCUT2D eigenvalue weighted by Crippen LogP contribution is 2.34. The largest absolute Gasteiger partial charge is 0.489 e. The maximum absolute atomic E-state index is 13.0. The minimum Gasteiger partial charge on any atom is -0.489 e. The van der Waals surface area contributed by atoms with Gasteiger partial charge in [-0.3, -0.25) is 0 Å². The first-order chi connectivity index (χ1) is 11.3. The third kappa shape index (κ3) is 3.62. The minimum absolute atomic E-state index is 0.119. The van der Waals surface area contributed by atoms with Crippen LogP contribution in [-0.2, 0) is 12.8 Å². The van der Waals surface area contributed by atoms with Gasteiger partial charge in [-0.25, -0.2) is 4.79 Å². The zero-order valence-electron chi connectivity index (χ0n) is 12.1. The molecule has 0 aliphatic rings. The number of ether oxygens (including phenoxy) is 1. The fraction of sp³-hybridized carbons (Fsp3) is 0.118. The van der Waals surface area contributed by atoms with Gasteiger partial charge in [-0.1, -0.05) is 28.1 Å². The zero-order valence-corrected chi connectivity index (χ0v) is 13.6. The van der Waals surface area contributed by atoms with Gasteiger partial charge < -0.3 is 9.15 Å². The standard InChI is InChI=1S/C17H10BrF3O3/c18-11-2-4-12(5-3-11)23-9-10-1-6-13-14(17(19,20)21)8-16(22)24-15(13)7-10/h1-8H,9H2. The summed E-state index contributed by atoms with van der Waals surface area (Å²) in [6.45, 7) is 0.136. The molecule has 0 N–H and O–H groups in total. The highest BCUT2D eigenvalue weighted by Gasteiger charge is 2.33. The van der Waals surface area contributed by atoms with Crippen molar-refractivity contribution < 1.29 is 22.3 Å². The molecule has 1 aromatic heterocycles. The third-order valence-corrected chi connectivity index (χ3v) is 3.86. The van der Waals surface area contributed by atoms with Gasteiger partial charge in [-0.2, -0.15) is 13.2 Å². The van der Waals surface area contributed by atoms with Crippen LogP contribution in [0.5, 0.6) is 5.75 Å². The molecule has 0 saturated heterocycles. The number of fused-ring (bicyclic) bond motifs is 1. The van der Waals surface area contributed by atoms with Crippen LogP contribution in [0, 0.1) is 0 Å². The Bertz CT molecular complexity index is 930. The molecule has 0 atom stereocenters. The van der Waals surface area contributed by atoms with Crippen LogP contribution in [0.4, 0.5) is 13.2 Å². The minimum atomic E-state index is -4.62. The fourth-order valence-corrected chi connectivity index (χ4v) is 2.49. The van der Waals surface area contributed by atoms with Gasteiger partial charge in [0.2, 0.25) is 0 Å². The lowest BCUT2D eigenvalue weighted by atomic mass is 10.1. The molecule has 0 unspecified atom stereocenters. The van der Waals surface area contributed by atoms with Gasteiger partial charge >= 0.3 is 11.8 Å². The Balaban J connectivity index is 1.91. The van der Waals surface area contributed by atoms with E-state index in [4.69, 9.17) is 9.15 Å². The smallest absolute Gasteiger partial charge is 0.417 e. The molecule has 1 heterocycles. The predicted molar refractivity (Wildman–Crippen MR) is 86.0 cm³/mol. The summed E-state index contributed by atoms with van der Waals surface area (Å²) in [7, 11) is 0. The Morgan fingerprint density at radius 1 is 1.04 bits per heavy atom. The summed E-state index contributed by atoms with van der Waals surface area (Å²) in [5.41, 5.74) is -1.57. The molecule has 124 valence electrons. The second kappa shape index (κ2) is 6.32. The number of benzene rings is 2. The van der Waals surface area contributed by atoms with E-state index in [1.807, 2.05) is 12.1 Å². The normalized spacial score (nSPS) is 11.7. The zero-order chi connectivity index (χ0) is 17.3. The van der Waals surface area contributed by atoms with Gasteiger partial charge in [-0.15, -0.1) is 0 Å². The van der Waals surface area contributed by atoms with Crippen molar-refractivity contribution in [1.29, 1.82) is 0 Å². The molecule has 0 amide bonds. The van der Waals surface area contributed by atoms with Crippen LogP contribution in [0.3, 0.4) is 0 Å². The molecule has 0 aliphatic carbocycles. The molecule has 0 fully saturated rings. The highest BCUT2D eigenvalue weighted by molar-refractivity contribution is 9.10. The Morgan fingerprint density at radius 2 is 1.75 bits per heavy atom. The lowest BCUT2D eigenvalue weighted by Crippen LogP contribution is -2.11. The van der Waals surface area contributed by atoms with E-state index in [9.17, 15) is 18.0 Å². The van der Waals surface area contributed by atoms with E-state index in [1.54, 1.807) is 12.1 Å². The van der Waals surface area contributed by atoms with Crippen molar-refractivity contribution in [2.75, 3.05) is 0 Å². The molecule has 24 heavy (non-hydrogen) atoms. The van der Waals surface area contributed by atoms with Crippen LogP contribution in [0.25, 0.3) is 11.0 Å². The third-order valence-electron chi connectivity index (χ3n) is 3.33. The lowest BCUT2D eigenvalue weighted by molar-refractivity contribution is -0.136. The monoisotopic (exact) mass is 398 g/mol. The van der Waals surface area contributed by atoms with Gasteiger partial charge in [0.05, 0.1) is 5.56 Å². The Kier molecular flexibility index (Phi) is 4.36. The molecular formula is C17H10BrF3O3. The summed E-state index contributed by atoms with van der Waals surface area (Å²) in [5, 5.41) is -0.158. The van der Waals surface area contributed by atoms with Crippen LogP contribution in [0.1, 0.15) is 11.1 Å². The number of alkyl halides is 3. The van der Waals surface area contributed by atoms with Gasteiger partial charge in [0.1, 0.15) is 17.9 Å². The topological polar surface area (TPSA) is 39.4 Å². The van der Waals surface area contributed by atoms with Gasteiger partial charge in [-0.05, 0) is 35.9 Å². The van der Waals surface area contributed by atoms with Crippen molar-refractivity contribution in [1.82, 2.24) is 0 Å². The summed E-state index contributed by atoms with van der Waals surface area (Å²) in [6.07, 6.45) is -4.62. The molecule has 0 spiro atoms. The van der Waals surface area contributed by atoms with Crippen LogP contribution >= 0.6 is 15.9 Å². The van der Waals surface area contributed by atoms with E-state index in [0.29, 0.717) is 17.4 Å². The molecule has 0 saturated carbocycles. The number of hydrogen-bond acceptors (Lipinski definition) is 3. The van der Waals surface area contributed by atoms with E-state index >= 15 is 0 Å². The van der Waals surface area contributed by atoms with Crippen molar-refractivity contribution in [3.8, 4) is 5.75 Å². The molecule has 3 aromatic rings. The van der Waals surface area contributed by atoms with E-state index in [1.165, 1.54) is 18.2 Å². The first-order valence-corrected chi connectivity index (χ1v) is 7.64. The lowest BCUT2D eigenvalue weighted by Gasteiger charge is -2.10. The first-order valence-electron chi connectivity index (χ1n) is 6.85.